The van der Waals surface area contributed by atoms with Gasteiger partial charge in [-0.15, -0.1) is 0 Å². The van der Waals surface area contributed by atoms with Gasteiger partial charge >= 0.3 is 0 Å². The molecule has 3 rings (SSSR count). The van der Waals surface area contributed by atoms with Gasteiger partial charge < -0.3 is 4.90 Å². The van der Waals surface area contributed by atoms with E-state index >= 15 is 0 Å². The molecular weight excluding hydrogens is 380 g/mol. The quantitative estimate of drug-likeness (QED) is 0.607. The number of rotatable bonds is 6. The van der Waals surface area contributed by atoms with E-state index in [9.17, 15) is 9.59 Å². The predicted octanol–water partition coefficient (Wildman–Crippen LogP) is 5.42. The van der Waals surface area contributed by atoms with Crippen LogP contribution >= 0.6 is 23.4 Å². The van der Waals surface area contributed by atoms with Crippen LogP contribution in [-0.2, 0) is 11.3 Å². The fraction of sp³-hybridized carbons (Fsp3) is 0.238. The molecule has 1 aliphatic heterocycles. The first-order valence-corrected chi connectivity index (χ1v) is 10.1. The number of hydrogen-bond acceptors (Lipinski definition) is 4. The number of nitrogens with zero attached hydrogens (tertiary/aromatic N) is 2. The van der Waals surface area contributed by atoms with Crippen LogP contribution in [0.1, 0.15) is 25.0 Å². The smallest absolute Gasteiger partial charge is 0.293 e. The number of halogens is 1. The highest BCUT2D eigenvalue weighted by Gasteiger charge is 2.34. The number of carbonyl (C=O) groups excluding carboxylic acids is 2. The van der Waals surface area contributed by atoms with Crippen molar-refractivity contribution in [3.05, 3.63) is 69.6 Å². The van der Waals surface area contributed by atoms with Gasteiger partial charge in [0.15, 0.2) is 0 Å². The summed E-state index contributed by atoms with van der Waals surface area (Å²) < 4.78 is 0. The van der Waals surface area contributed by atoms with Crippen molar-refractivity contribution < 1.29 is 9.59 Å². The van der Waals surface area contributed by atoms with Crippen molar-refractivity contribution in [3.63, 3.8) is 0 Å². The molecule has 0 aromatic heterocycles. The molecule has 0 saturated carbocycles. The van der Waals surface area contributed by atoms with E-state index < -0.39 is 0 Å². The van der Waals surface area contributed by atoms with Gasteiger partial charge in [-0.05, 0) is 67.1 Å². The molecule has 4 nitrogen and oxygen atoms in total. The Morgan fingerprint density at radius 1 is 1.07 bits per heavy atom. The number of thioether (sulfide) groups is 1. The minimum absolute atomic E-state index is 0.226. The summed E-state index contributed by atoms with van der Waals surface area (Å²) in [4.78, 5) is 28.9. The van der Waals surface area contributed by atoms with Crippen molar-refractivity contribution in [2.75, 3.05) is 18.0 Å². The molecule has 2 aromatic rings. The molecule has 0 radical (unpaired) electrons. The number of amides is 2. The fourth-order valence-corrected chi connectivity index (χ4v) is 4.03. The van der Waals surface area contributed by atoms with Crippen LogP contribution in [0.4, 0.5) is 10.5 Å². The highest BCUT2D eigenvalue weighted by molar-refractivity contribution is 8.18. The van der Waals surface area contributed by atoms with Gasteiger partial charge in [0.2, 0.25) is 0 Å². The van der Waals surface area contributed by atoms with E-state index in [1.54, 1.807) is 18.2 Å². The highest BCUT2D eigenvalue weighted by atomic mass is 35.5. The van der Waals surface area contributed by atoms with Crippen LogP contribution in [0.5, 0.6) is 0 Å². The summed E-state index contributed by atoms with van der Waals surface area (Å²) in [6.07, 6.45) is 1.77. The summed E-state index contributed by atoms with van der Waals surface area (Å²) in [5.74, 6) is -0.266. The fourth-order valence-electron chi connectivity index (χ4n) is 2.98. The second-order valence-corrected chi connectivity index (χ2v) is 7.59. The molecule has 0 spiro atoms. The summed E-state index contributed by atoms with van der Waals surface area (Å²) in [5.41, 5.74) is 2.87. The molecule has 6 heteroatoms. The zero-order valence-electron chi connectivity index (χ0n) is 15.3. The van der Waals surface area contributed by atoms with Crippen LogP contribution in [0.2, 0.25) is 5.02 Å². The Labute approximate surface area is 168 Å². The van der Waals surface area contributed by atoms with Gasteiger partial charge in [0.1, 0.15) is 0 Å². The number of imide groups is 1. The lowest BCUT2D eigenvalue weighted by Crippen LogP contribution is -2.27. The summed E-state index contributed by atoms with van der Waals surface area (Å²) in [7, 11) is 0. The van der Waals surface area contributed by atoms with Crippen molar-refractivity contribution in [1.29, 1.82) is 0 Å². The Morgan fingerprint density at radius 3 is 2.41 bits per heavy atom. The zero-order chi connectivity index (χ0) is 19.4. The summed E-state index contributed by atoms with van der Waals surface area (Å²) in [6, 6.07) is 15.2. The molecule has 0 atom stereocenters. The molecule has 1 heterocycles. The molecule has 0 aliphatic carbocycles. The Kier molecular flexibility index (Phi) is 6.24. The number of anilines is 1. The third-order valence-electron chi connectivity index (χ3n) is 4.42. The van der Waals surface area contributed by atoms with Crippen molar-refractivity contribution >= 4 is 46.3 Å². The van der Waals surface area contributed by atoms with Crippen LogP contribution in [0, 0.1) is 0 Å². The summed E-state index contributed by atoms with van der Waals surface area (Å²) in [6.45, 7) is 6.35. The van der Waals surface area contributed by atoms with E-state index in [4.69, 9.17) is 11.6 Å². The average molecular weight is 401 g/mol. The maximum atomic E-state index is 12.7. The molecule has 1 fully saturated rings. The minimum atomic E-state index is -0.266. The van der Waals surface area contributed by atoms with Crippen molar-refractivity contribution in [2.24, 2.45) is 0 Å². The Hall–Kier alpha value is -2.24. The Balaban J connectivity index is 1.76. The SMILES string of the molecule is CCN(CC)c1ccc(/C=C2\SC(=O)N(Cc3cccc(Cl)c3)C2=O)cc1. The first-order chi connectivity index (χ1) is 13.0. The third kappa shape index (κ3) is 4.54. The monoisotopic (exact) mass is 400 g/mol. The predicted molar refractivity (Wildman–Crippen MR) is 113 cm³/mol. The second kappa shape index (κ2) is 8.63. The molecular formula is C21H21ClN2O2S. The Morgan fingerprint density at radius 2 is 1.78 bits per heavy atom. The van der Waals surface area contributed by atoms with Crippen LogP contribution < -0.4 is 4.90 Å². The van der Waals surface area contributed by atoms with Crippen LogP contribution in [0.15, 0.2) is 53.4 Å². The molecule has 1 aliphatic rings. The largest absolute Gasteiger partial charge is 0.372 e. The maximum absolute atomic E-state index is 12.7. The standard InChI is InChI=1S/C21H21ClN2O2S/c1-3-23(4-2)18-10-8-15(9-11-18)13-19-20(25)24(21(26)27-19)14-16-6-5-7-17(22)12-16/h5-13H,3-4,14H2,1-2H3/b19-13-. The first kappa shape index (κ1) is 19.5. The zero-order valence-corrected chi connectivity index (χ0v) is 16.9. The lowest BCUT2D eigenvalue weighted by atomic mass is 10.1. The van der Waals surface area contributed by atoms with Gasteiger partial charge in [-0.1, -0.05) is 35.9 Å². The molecule has 1 saturated heterocycles. The van der Waals surface area contributed by atoms with Gasteiger partial charge in [-0.3, -0.25) is 14.5 Å². The molecule has 0 unspecified atom stereocenters. The van der Waals surface area contributed by atoms with Crippen LogP contribution in [-0.4, -0.2) is 29.1 Å². The van der Waals surface area contributed by atoms with Gasteiger partial charge in [0.25, 0.3) is 11.1 Å². The normalized spacial score (nSPS) is 15.7. The summed E-state index contributed by atoms with van der Waals surface area (Å²) in [5, 5.41) is 0.328. The molecule has 0 bridgehead atoms. The van der Waals surface area contributed by atoms with E-state index in [1.807, 2.05) is 36.4 Å². The van der Waals surface area contributed by atoms with E-state index in [2.05, 4.69) is 18.7 Å². The van der Waals surface area contributed by atoms with E-state index in [1.165, 1.54) is 4.90 Å². The maximum Gasteiger partial charge on any atom is 0.293 e. The third-order valence-corrected chi connectivity index (χ3v) is 5.57. The Bertz CT molecular complexity index is 876. The van der Waals surface area contributed by atoms with E-state index in [-0.39, 0.29) is 17.7 Å². The summed E-state index contributed by atoms with van der Waals surface area (Å²) >= 11 is 6.96. The van der Waals surface area contributed by atoms with Gasteiger partial charge in [-0.2, -0.15) is 0 Å². The molecule has 140 valence electrons. The van der Waals surface area contributed by atoms with Gasteiger partial charge in [-0.25, -0.2) is 0 Å². The average Bonchev–Trinajstić information content (AvgIpc) is 2.91. The van der Waals surface area contributed by atoms with Crippen LogP contribution in [0.25, 0.3) is 6.08 Å². The number of benzene rings is 2. The molecule has 2 amide bonds. The molecule has 27 heavy (non-hydrogen) atoms. The van der Waals surface area contributed by atoms with Crippen molar-refractivity contribution in [3.8, 4) is 0 Å². The topological polar surface area (TPSA) is 40.6 Å². The lowest BCUT2D eigenvalue weighted by Gasteiger charge is -2.20. The number of hydrogen-bond donors (Lipinski definition) is 0. The highest BCUT2D eigenvalue weighted by Crippen LogP contribution is 2.33. The van der Waals surface area contributed by atoms with Crippen LogP contribution in [0.3, 0.4) is 0 Å². The second-order valence-electron chi connectivity index (χ2n) is 6.16. The van der Waals surface area contributed by atoms with Gasteiger partial charge in [0, 0.05) is 23.8 Å². The first-order valence-electron chi connectivity index (χ1n) is 8.86. The minimum Gasteiger partial charge on any atom is -0.372 e. The van der Waals surface area contributed by atoms with E-state index in [0.717, 1.165) is 41.7 Å². The lowest BCUT2D eigenvalue weighted by molar-refractivity contribution is -0.123. The van der Waals surface area contributed by atoms with Crippen molar-refractivity contribution in [2.45, 2.75) is 20.4 Å². The molecule has 0 N–H and O–H groups in total. The van der Waals surface area contributed by atoms with Gasteiger partial charge in [0.05, 0.1) is 11.4 Å². The molecule has 2 aromatic carbocycles. The van der Waals surface area contributed by atoms with Crippen molar-refractivity contribution in [1.82, 2.24) is 4.90 Å². The van der Waals surface area contributed by atoms with E-state index in [0.29, 0.717) is 9.93 Å². The number of carbonyl (C=O) groups is 2.